The molecule has 0 aliphatic carbocycles. The van der Waals surface area contributed by atoms with E-state index in [1.807, 2.05) is 6.92 Å². The summed E-state index contributed by atoms with van der Waals surface area (Å²) in [5.74, 6) is 0. The van der Waals surface area contributed by atoms with Crippen LogP contribution in [0.25, 0.3) is 0 Å². The van der Waals surface area contributed by atoms with E-state index in [0.717, 1.165) is 11.3 Å². The van der Waals surface area contributed by atoms with E-state index < -0.39 is 10.0 Å². The summed E-state index contributed by atoms with van der Waals surface area (Å²) in [7, 11) is -3.63. The van der Waals surface area contributed by atoms with Crippen LogP contribution in [-0.2, 0) is 10.0 Å². The van der Waals surface area contributed by atoms with Gasteiger partial charge in [0.05, 0.1) is 16.8 Å². The van der Waals surface area contributed by atoms with Gasteiger partial charge in [-0.3, -0.25) is 5.10 Å². The molecule has 0 saturated heterocycles. The van der Waals surface area contributed by atoms with Crippen LogP contribution >= 0.6 is 0 Å². The fourth-order valence-electron chi connectivity index (χ4n) is 1.61. The maximum Gasteiger partial charge on any atom is 0.238 e. The highest BCUT2D eigenvalue weighted by atomic mass is 32.2. The smallest absolute Gasteiger partial charge is 0.238 e. The lowest BCUT2D eigenvalue weighted by atomic mass is 10.1. The number of sulfonamides is 1. The van der Waals surface area contributed by atoms with Crippen molar-refractivity contribution in [1.29, 1.82) is 0 Å². The van der Waals surface area contributed by atoms with Gasteiger partial charge in [0.15, 0.2) is 0 Å². The number of rotatable bonds is 4. The third-order valence-electron chi connectivity index (χ3n) is 2.59. The standard InChI is InChI=1S/C11H14N4O2S/c1-8(15-10-6-13-14-7-10)9-2-4-11(5-3-9)18(12,16)17/h2-8,15H,1H3,(H,13,14)(H2,12,16,17). The van der Waals surface area contributed by atoms with Crippen LogP contribution in [0.2, 0.25) is 0 Å². The lowest BCUT2D eigenvalue weighted by Gasteiger charge is -2.14. The van der Waals surface area contributed by atoms with Crippen LogP contribution in [0, 0.1) is 0 Å². The minimum atomic E-state index is -3.63. The summed E-state index contributed by atoms with van der Waals surface area (Å²) in [5, 5.41) is 14.8. The molecule has 4 N–H and O–H groups in total. The first-order chi connectivity index (χ1) is 8.47. The topological polar surface area (TPSA) is 101 Å². The van der Waals surface area contributed by atoms with Gasteiger partial charge in [-0.2, -0.15) is 5.10 Å². The average molecular weight is 266 g/mol. The van der Waals surface area contributed by atoms with Gasteiger partial charge in [0.1, 0.15) is 0 Å². The Morgan fingerprint density at radius 1 is 1.33 bits per heavy atom. The summed E-state index contributed by atoms with van der Waals surface area (Å²) < 4.78 is 22.2. The van der Waals surface area contributed by atoms with E-state index >= 15 is 0 Å². The molecule has 2 aromatic rings. The van der Waals surface area contributed by atoms with Crippen LogP contribution in [0.1, 0.15) is 18.5 Å². The molecular formula is C11H14N4O2S. The zero-order valence-corrected chi connectivity index (χ0v) is 10.6. The molecule has 0 amide bonds. The monoisotopic (exact) mass is 266 g/mol. The van der Waals surface area contributed by atoms with Crippen molar-refractivity contribution in [3.8, 4) is 0 Å². The summed E-state index contributed by atoms with van der Waals surface area (Å²) >= 11 is 0. The number of anilines is 1. The molecule has 18 heavy (non-hydrogen) atoms. The van der Waals surface area contributed by atoms with Crippen LogP contribution in [0.15, 0.2) is 41.6 Å². The lowest BCUT2D eigenvalue weighted by molar-refractivity contribution is 0.597. The number of aromatic nitrogens is 2. The van der Waals surface area contributed by atoms with Crippen molar-refractivity contribution in [2.75, 3.05) is 5.32 Å². The molecule has 0 bridgehead atoms. The SMILES string of the molecule is CC(Nc1cn[nH]c1)c1ccc(S(N)(=O)=O)cc1. The molecule has 1 unspecified atom stereocenters. The van der Waals surface area contributed by atoms with E-state index in [1.165, 1.54) is 12.1 Å². The predicted molar refractivity (Wildman–Crippen MR) is 68.4 cm³/mol. The lowest BCUT2D eigenvalue weighted by Crippen LogP contribution is -2.12. The predicted octanol–water partition coefficient (Wildman–Crippen LogP) is 1.23. The van der Waals surface area contributed by atoms with Crippen LogP contribution < -0.4 is 10.5 Å². The van der Waals surface area contributed by atoms with E-state index in [4.69, 9.17) is 5.14 Å². The zero-order valence-electron chi connectivity index (χ0n) is 9.79. The van der Waals surface area contributed by atoms with Crippen LogP contribution in [0.4, 0.5) is 5.69 Å². The number of nitrogens with two attached hydrogens (primary N) is 1. The number of benzene rings is 1. The van der Waals surface area contributed by atoms with Crippen LogP contribution in [0.3, 0.4) is 0 Å². The fourth-order valence-corrected chi connectivity index (χ4v) is 2.12. The number of aromatic amines is 1. The number of H-pyrrole nitrogens is 1. The quantitative estimate of drug-likeness (QED) is 0.774. The number of hydrogen-bond donors (Lipinski definition) is 3. The summed E-state index contributed by atoms with van der Waals surface area (Å²) in [6.45, 7) is 1.97. The molecular weight excluding hydrogens is 252 g/mol. The molecule has 0 radical (unpaired) electrons. The Kier molecular flexibility index (Phi) is 3.35. The van der Waals surface area contributed by atoms with Crippen molar-refractivity contribution in [3.63, 3.8) is 0 Å². The molecule has 0 aliphatic heterocycles. The third kappa shape index (κ3) is 2.88. The van der Waals surface area contributed by atoms with Gasteiger partial charge in [0.25, 0.3) is 0 Å². The van der Waals surface area contributed by atoms with Gasteiger partial charge in [-0.15, -0.1) is 0 Å². The second kappa shape index (κ2) is 4.79. The van der Waals surface area contributed by atoms with E-state index in [9.17, 15) is 8.42 Å². The third-order valence-corrected chi connectivity index (χ3v) is 3.52. The fraction of sp³-hybridized carbons (Fsp3) is 0.182. The Labute approximate surface area is 105 Å². The van der Waals surface area contributed by atoms with Crippen molar-refractivity contribution in [2.24, 2.45) is 5.14 Å². The Morgan fingerprint density at radius 2 is 2.00 bits per heavy atom. The van der Waals surface area contributed by atoms with Gasteiger partial charge < -0.3 is 5.32 Å². The highest BCUT2D eigenvalue weighted by Crippen LogP contribution is 2.19. The Bertz CT molecular complexity index is 605. The molecule has 7 heteroatoms. The average Bonchev–Trinajstić information content (AvgIpc) is 2.81. The number of primary sulfonamides is 1. The second-order valence-corrected chi connectivity index (χ2v) is 5.53. The van der Waals surface area contributed by atoms with E-state index in [1.54, 1.807) is 24.5 Å². The minimum absolute atomic E-state index is 0.0390. The van der Waals surface area contributed by atoms with Crippen molar-refractivity contribution in [1.82, 2.24) is 10.2 Å². The van der Waals surface area contributed by atoms with Crippen molar-refractivity contribution in [2.45, 2.75) is 17.9 Å². The summed E-state index contributed by atoms with van der Waals surface area (Å²) in [5.41, 5.74) is 1.83. The Balaban J connectivity index is 2.14. The molecule has 1 aromatic heterocycles. The van der Waals surface area contributed by atoms with Crippen LogP contribution in [-0.4, -0.2) is 18.6 Å². The zero-order chi connectivity index (χ0) is 13.2. The van der Waals surface area contributed by atoms with E-state index in [2.05, 4.69) is 15.5 Å². The van der Waals surface area contributed by atoms with E-state index in [-0.39, 0.29) is 10.9 Å². The highest BCUT2D eigenvalue weighted by molar-refractivity contribution is 7.89. The Morgan fingerprint density at radius 3 is 2.50 bits per heavy atom. The molecule has 1 heterocycles. The summed E-state index contributed by atoms with van der Waals surface area (Å²) in [6.07, 6.45) is 3.42. The number of hydrogen-bond acceptors (Lipinski definition) is 4. The van der Waals surface area contributed by atoms with E-state index in [0.29, 0.717) is 0 Å². The van der Waals surface area contributed by atoms with Crippen molar-refractivity contribution in [3.05, 3.63) is 42.2 Å². The first-order valence-electron chi connectivity index (χ1n) is 5.35. The second-order valence-electron chi connectivity index (χ2n) is 3.97. The molecule has 0 spiro atoms. The van der Waals surface area contributed by atoms with Crippen LogP contribution in [0.5, 0.6) is 0 Å². The molecule has 0 aliphatic rings. The first-order valence-corrected chi connectivity index (χ1v) is 6.89. The molecule has 96 valence electrons. The molecule has 1 atom stereocenters. The number of nitrogens with zero attached hydrogens (tertiary/aromatic N) is 1. The largest absolute Gasteiger partial charge is 0.376 e. The summed E-state index contributed by atoms with van der Waals surface area (Å²) in [6, 6.07) is 6.50. The number of nitrogens with one attached hydrogen (secondary N) is 2. The molecule has 0 saturated carbocycles. The van der Waals surface area contributed by atoms with Gasteiger partial charge in [-0.25, -0.2) is 13.6 Å². The normalized spacial score (nSPS) is 13.2. The molecule has 1 aromatic carbocycles. The molecule has 2 rings (SSSR count). The first kappa shape index (κ1) is 12.6. The maximum absolute atomic E-state index is 11.1. The summed E-state index contributed by atoms with van der Waals surface area (Å²) in [4.78, 5) is 0.113. The van der Waals surface area contributed by atoms with Gasteiger partial charge >= 0.3 is 0 Å². The Hall–Kier alpha value is -1.86. The highest BCUT2D eigenvalue weighted by Gasteiger charge is 2.10. The van der Waals surface area contributed by atoms with Crippen molar-refractivity contribution < 1.29 is 8.42 Å². The van der Waals surface area contributed by atoms with Gasteiger partial charge in [-0.1, -0.05) is 12.1 Å². The minimum Gasteiger partial charge on any atom is -0.376 e. The maximum atomic E-state index is 11.1. The van der Waals surface area contributed by atoms with Gasteiger partial charge in [0.2, 0.25) is 10.0 Å². The van der Waals surface area contributed by atoms with Gasteiger partial charge in [0, 0.05) is 12.2 Å². The van der Waals surface area contributed by atoms with Gasteiger partial charge in [-0.05, 0) is 24.6 Å². The molecule has 6 nitrogen and oxygen atoms in total. The van der Waals surface area contributed by atoms with Crippen molar-refractivity contribution >= 4 is 15.7 Å². The molecule has 0 fully saturated rings.